The van der Waals surface area contributed by atoms with Gasteiger partial charge >= 0.3 is 0 Å². The fraction of sp³-hybridized carbons (Fsp3) is 0.385. The molecule has 1 unspecified atom stereocenters. The number of hydrogen-bond acceptors (Lipinski definition) is 5. The number of hydrogen-bond donors (Lipinski definition) is 3. The zero-order valence-corrected chi connectivity index (χ0v) is 12.0. The summed E-state index contributed by atoms with van der Waals surface area (Å²) < 4.78 is 5.07. The van der Waals surface area contributed by atoms with Gasteiger partial charge in [0.05, 0.1) is 0 Å². The first-order valence-corrected chi connectivity index (χ1v) is 6.43. The van der Waals surface area contributed by atoms with Gasteiger partial charge in [0.2, 0.25) is 5.89 Å². The molecular weight excluding hydrogens is 262 g/mol. The zero-order valence-electron chi connectivity index (χ0n) is 11.2. The van der Waals surface area contributed by atoms with Crippen LogP contribution in [0.15, 0.2) is 16.5 Å². The lowest BCUT2D eigenvalue weighted by Gasteiger charge is -2.15. The summed E-state index contributed by atoms with van der Waals surface area (Å²) in [6.07, 6.45) is -0.840. The first kappa shape index (κ1) is 13.8. The molecule has 3 N–H and O–H groups in total. The highest BCUT2D eigenvalue weighted by molar-refractivity contribution is 7.71. The molecule has 5 nitrogen and oxygen atoms in total. The second-order valence-electron chi connectivity index (χ2n) is 4.62. The number of rotatable bonds is 4. The highest BCUT2D eigenvalue weighted by Gasteiger charge is 2.14. The summed E-state index contributed by atoms with van der Waals surface area (Å²) >= 11 is 4.77. The lowest BCUT2D eigenvalue weighted by atomic mass is 10.1. The van der Waals surface area contributed by atoms with Gasteiger partial charge in [-0.15, -0.1) is 5.10 Å². The Balaban J connectivity index is 2.09. The SMILES string of the molecule is Cc1cc(C)c(NCC(O)c2n[nH]c(=S)o2)c(C)c1. The van der Waals surface area contributed by atoms with E-state index in [2.05, 4.69) is 34.6 Å². The van der Waals surface area contributed by atoms with Crippen LogP contribution in [0, 0.1) is 25.6 Å². The predicted octanol–water partition coefficient (Wildman–Crippen LogP) is 2.80. The fourth-order valence-electron chi connectivity index (χ4n) is 2.13. The van der Waals surface area contributed by atoms with Crippen LogP contribution in [0.1, 0.15) is 28.7 Å². The Morgan fingerprint density at radius 2 is 2.00 bits per heavy atom. The number of aromatic nitrogens is 2. The van der Waals surface area contributed by atoms with Crippen molar-refractivity contribution in [3.63, 3.8) is 0 Å². The molecule has 0 saturated heterocycles. The van der Waals surface area contributed by atoms with E-state index in [1.54, 1.807) is 0 Å². The van der Waals surface area contributed by atoms with Crippen molar-refractivity contribution in [3.8, 4) is 0 Å². The Morgan fingerprint density at radius 1 is 1.37 bits per heavy atom. The molecule has 0 aliphatic heterocycles. The maximum absolute atomic E-state index is 9.95. The van der Waals surface area contributed by atoms with Crippen LogP contribution in [0.5, 0.6) is 0 Å². The van der Waals surface area contributed by atoms with Crippen LogP contribution in [-0.4, -0.2) is 21.8 Å². The fourth-order valence-corrected chi connectivity index (χ4v) is 2.26. The monoisotopic (exact) mass is 279 g/mol. The van der Waals surface area contributed by atoms with Crippen LogP contribution in [0.25, 0.3) is 0 Å². The quantitative estimate of drug-likeness (QED) is 0.750. The van der Waals surface area contributed by atoms with E-state index in [9.17, 15) is 5.11 Å². The summed E-state index contributed by atoms with van der Waals surface area (Å²) in [6.45, 7) is 6.45. The molecule has 0 radical (unpaired) electrons. The maximum Gasteiger partial charge on any atom is 0.284 e. The first-order valence-electron chi connectivity index (χ1n) is 6.02. The van der Waals surface area contributed by atoms with Crippen molar-refractivity contribution in [2.45, 2.75) is 26.9 Å². The number of H-pyrrole nitrogens is 1. The molecule has 0 spiro atoms. The highest BCUT2D eigenvalue weighted by atomic mass is 32.1. The van der Waals surface area contributed by atoms with Crippen molar-refractivity contribution in [1.29, 1.82) is 0 Å². The molecule has 0 fully saturated rings. The minimum absolute atomic E-state index is 0.164. The van der Waals surface area contributed by atoms with E-state index in [1.807, 2.05) is 13.8 Å². The normalized spacial score (nSPS) is 12.4. The molecule has 19 heavy (non-hydrogen) atoms. The maximum atomic E-state index is 9.95. The summed E-state index contributed by atoms with van der Waals surface area (Å²) in [4.78, 5) is 0.164. The summed E-state index contributed by atoms with van der Waals surface area (Å²) in [5, 5.41) is 19.5. The molecule has 0 amide bonds. The van der Waals surface area contributed by atoms with Gasteiger partial charge in [0.15, 0.2) is 0 Å². The van der Waals surface area contributed by atoms with Crippen molar-refractivity contribution in [3.05, 3.63) is 39.6 Å². The van der Waals surface area contributed by atoms with Crippen LogP contribution < -0.4 is 5.32 Å². The van der Waals surface area contributed by atoms with Crippen LogP contribution in [0.2, 0.25) is 0 Å². The number of aryl methyl sites for hydroxylation is 3. The smallest absolute Gasteiger partial charge is 0.284 e. The van der Waals surface area contributed by atoms with E-state index in [-0.39, 0.29) is 10.7 Å². The molecule has 2 aromatic rings. The van der Waals surface area contributed by atoms with Gasteiger partial charge in [0, 0.05) is 12.2 Å². The number of nitrogens with zero attached hydrogens (tertiary/aromatic N) is 1. The van der Waals surface area contributed by atoms with Crippen molar-refractivity contribution in [2.24, 2.45) is 0 Å². The molecule has 6 heteroatoms. The largest absolute Gasteiger partial charge is 0.411 e. The first-order chi connectivity index (χ1) is 8.97. The molecule has 0 bridgehead atoms. The van der Waals surface area contributed by atoms with Crippen LogP contribution in [-0.2, 0) is 0 Å². The number of benzene rings is 1. The van der Waals surface area contributed by atoms with Gasteiger partial charge in [0.1, 0.15) is 6.10 Å². The molecule has 1 aromatic heterocycles. The molecular formula is C13H17N3O2S. The molecule has 1 atom stereocenters. The van der Waals surface area contributed by atoms with E-state index in [1.165, 1.54) is 5.56 Å². The van der Waals surface area contributed by atoms with E-state index in [4.69, 9.17) is 16.6 Å². The van der Waals surface area contributed by atoms with Gasteiger partial charge < -0.3 is 14.8 Å². The Bertz CT molecular complexity index is 610. The molecule has 0 aliphatic rings. The van der Waals surface area contributed by atoms with Gasteiger partial charge in [-0.1, -0.05) is 17.7 Å². The predicted molar refractivity (Wildman–Crippen MR) is 75.8 cm³/mol. The van der Waals surface area contributed by atoms with Gasteiger partial charge in [-0.05, 0) is 44.1 Å². The minimum atomic E-state index is -0.840. The van der Waals surface area contributed by atoms with E-state index in [0.29, 0.717) is 6.54 Å². The zero-order chi connectivity index (χ0) is 14.0. The lowest BCUT2D eigenvalue weighted by molar-refractivity contribution is 0.155. The van der Waals surface area contributed by atoms with E-state index in [0.717, 1.165) is 16.8 Å². The summed E-state index contributed by atoms with van der Waals surface area (Å²) in [5.41, 5.74) is 4.54. The van der Waals surface area contributed by atoms with Crippen LogP contribution in [0.4, 0.5) is 5.69 Å². The van der Waals surface area contributed by atoms with Crippen LogP contribution in [0.3, 0.4) is 0 Å². The number of nitrogens with one attached hydrogen (secondary N) is 2. The number of aliphatic hydroxyl groups is 1. The molecule has 1 heterocycles. The van der Waals surface area contributed by atoms with Gasteiger partial charge in [-0.25, -0.2) is 5.10 Å². The lowest BCUT2D eigenvalue weighted by Crippen LogP contribution is -2.14. The minimum Gasteiger partial charge on any atom is -0.411 e. The second-order valence-corrected chi connectivity index (χ2v) is 4.99. The van der Waals surface area contributed by atoms with E-state index >= 15 is 0 Å². The number of anilines is 1. The van der Waals surface area contributed by atoms with Crippen LogP contribution >= 0.6 is 12.2 Å². The van der Waals surface area contributed by atoms with Crippen molar-refractivity contribution in [2.75, 3.05) is 11.9 Å². The van der Waals surface area contributed by atoms with Gasteiger partial charge in [0.25, 0.3) is 4.84 Å². The summed E-state index contributed by atoms with van der Waals surface area (Å²) in [6, 6.07) is 4.20. The molecule has 0 saturated carbocycles. The Hall–Kier alpha value is -1.66. The third-order valence-corrected chi connectivity index (χ3v) is 3.06. The highest BCUT2D eigenvalue weighted by Crippen LogP contribution is 2.22. The van der Waals surface area contributed by atoms with Gasteiger partial charge in [-0.3, -0.25) is 0 Å². The van der Waals surface area contributed by atoms with Crippen molar-refractivity contribution < 1.29 is 9.52 Å². The number of aromatic amines is 1. The third-order valence-electron chi connectivity index (χ3n) is 2.89. The molecule has 1 aromatic carbocycles. The van der Waals surface area contributed by atoms with E-state index < -0.39 is 6.10 Å². The Labute approximate surface area is 116 Å². The molecule has 102 valence electrons. The molecule has 0 aliphatic carbocycles. The van der Waals surface area contributed by atoms with Gasteiger partial charge in [-0.2, -0.15) is 0 Å². The summed E-state index contributed by atoms with van der Waals surface area (Å²) in [7, 11) is 0. The second kappa shape index (κ2) is 5.54. The van der Waals surface area contributed by atoms with Crippen molar-refractivity contribution in [1.82, 2.24) is 10.2 Å². The standard InChI is InChI=1S/C13H17N3O2S/c1-7-4-8(2)11(9(3)5-7)14-6-10(17)12-15-16-13(19)18-12/h4-5,10,14,17H,6H2,1-3H3,(H,16,19). The molecule has 2 rings (SSSR count). The topological polar surface area (TPSA) is 74.1 Å². The average molecular weight is 279 g/mol. The third kappa shape index (κ3) is 3.21. The van der Waals surface area contributed by atoms with Crippen molar-refractivity contribution >= 4 is 17.9 Å². The Morgan fingerprint density at radius 3 is 2.53 bits per heavy atom. The summed E-state index contributed by atoms with van der Waals surface area (Å²) in [5.74, 6) is 0.194. The average Bonchev–Trinajstić information content (AvgIpc) is 2.74. The number of aliphatic hydroxyl groups excluding tert-OH is 1. The Kier molecular flexibility index (Phi) is 4.01.